The molecule has 28 heavy (non-hydrogen) atoms. The van der Waals surface area contributed by atoms with Crippen LogP contribution >= 0.6 is 0 Å². The van der Waals surface area contributed by atoms with Gasteiger partial charge in [0.1, 0.15) is 18.1 Å². The molecule has 0 unspecified atom stereocenters. The highest BCUT2D eigenvalue weighted by molar-refractivity contribution is 5.81. The molecule has 0 spiro atoms. The second-order valence-corrected chi connectivity index (χ2v) is 7.65. The Morgan fingerprint density at radius 3 is 2.54 bits per heavy atom. The number of carbonyl (C=O) groups excluding carboxylic acids is 1. The molecular formula is C23H27N3O2. The van der Waals surface area contributed by atoms with Crippen molar-refractivity contribution in [3.63, 3.8) is 0 Å². The Morgan fingerprint density at radius 2 is 1.82 bits per heavy atom. The van der Waals surface area contributed by atoms with Crippen molar-refractivity contribution in [1.82, 2.24) is 14.9 Å². The van der Waals surface area contributed by atoms with Crippen LogP contribution in [0.4, 0.5) is 0 Å². The number of aryl methyl sites for hydroxylation is 1. The molecule has 1 fully saturated rings. The van der Waals surface area contributed by atoms with E-state index in [9.17, 15) is 4.79 Å². The summed E-state index contributed by atoms with van der Waals surface area (Å²) in [5.41, 5.74) is 2.78. The van der Waals surface area contributed by atoms with Crippen molar-refractivity contribution in [3.8, 4) is 5.75 Å². The number of hydrogen-bond donors (Lipinski definition) is 1. The molecule has 0 saturated heterocycles. The van der Waals surface area contributed by atoms with Crippen molar-refractivity contribution in [2.45, 2.75) is 51.1 Å². The number of nitrogens with zero attached hydrogens (tertiary/aromatic N) is 2. The number of aromatic nitrogens is 2. The van der Waals surface area contributed by atoms with Crippen molar-refractivity contribution >= 4 is 16.9 Å². The van der Waals surface area contributed by atoms with Gasteiger partial charge in [0, 0.05) is 0 Å². The van der Waals surface area contributed by atoms with E-state index in [0.717, 1.165) is 53.9 Å². The van der Waals surface area contributed by atoms with Gasteiger partial charge in [-0.25, -0.2) is 4.98 Å². The van der Waals surface area contributed by atoms with E-state index in [0.29, 0.717) is 0 Å². The maximum atomic E-state index is 13.1. The highest BCUT2D eigenvalue weighted by Crippen LogP contribution is 2.37. The van der Waals surface area contributed by atoms with E-state index in [1.807, 2.05) is 47.9 Å². The zero-order valence-corrected chi connectivity index (χ0v) is 16.6. The minimum absolute atomic E-state index is 0.0315. The fraction of sp³-hybridized carbons (Fsp3) is 0.391. The number of rotatable bonds is 5. The number of carbonyl (C=O) groups is 1. The van der Waals surface area contributed by atoms with E-state index in [-0.39, 0.29) is 18.0 Å². The molecule has 146 valence electrons. The minimum atomic E-state index is -0.300. The molecule has 0 bridgehead atoms. The monoisotopic (exact) mass is 377 g/mol. The van der Waals surface area contributed by atoms with Crippen LogP contribution in [0.1, 0.15) is 43.5 Å². The van der Waals surface area contributed by atoms with Crippen LogP contribution in [0.15, 0.2) is 48.5 Å². The van der Waals surface area contributed by atoms with Crippen LogP contribution in [0, 0.1) is 6.92 Å². The standard InChI is InChI=1S/C23H27N3O2/c1-17-24-20-8-4-5-9-21(20)26(17)16-22(27)25-23(14-6-3-7-15-23)18-10-12-19(28-2)13-11-18/h4-5,8-13H,3,6-7,14-16H2,1-2H3,(H,25,27). The van der Waals surface area contributed by atoms with E-state index in [4.69, 9.17) is 4.74 Å². The van der Waals surface area contributed by atoms with Gasteiger partial charge >= 0.3 is 0 Å². The molecule has 1 saturated carbocycles. The largest absolute Gasteiger partial charge is 0.497 e. The summed E-state index contributed by atoms with van der Waals surface area (Å²) in [6.07, 6.45) is 5.40. The van der Waals surface area contributed by atoms with Gasteiger partial charge in [-0.15, -0.1) is 0 Å². The van der Waals surface area contributed by atoms with Crippen LogP contribution in [0.2, 0.25) is 0 Å². The number of methoxy groups -OCH3 is 1. The lowest BCUT2D eigenvalue weighted by molar-refractivity contribution is -0.124. The fourth-order valence-electron chi connectivity index (χ4n) is 4.40. The van der Waals surface area contributed by atoms with Crippen LogP contribution in [-0.4, -0.2) is 22.6 Å². The molecule has 3 aromatic rings. The Balaban J connectivity index is 1.59. The number of benzene rings is 2. The maximum Gasteiger partial charge on any atom is 0.240 e. The third kappa shape index (κ3) is 3.49. The molecule has 1 heterocycles. The summed E-state index contributed by atoms with van der Waals surface area (Å²) < 4.78 is 7.29. The summed E-state index contributed by atoms with van der Waals surface area (Å²) in [7, 11) is 1.67. The van der Waals surface area contributed by atoms with Gasteiger partial charge in [-0.2, -0.15) is 0 Å². The Labute approximate surface area is 165 Å². The van der Waals surface area contributed by atoms with Crippen LogP contribution < -0.4 is 10.1 Å². The van der Waals surface area contributed by atoms with Crippen LogP contribution in [0.5, 0.6) is 5.75 Å². The zero-order valence-electron chi connectivity index (χ0n) is 16.6. The minimum Gasteiger partial charge on any atom is -0.497 e. The summed E-state index contributed by atoms with van der Waals surface area (Å²) in [6, 6.07) is 16.1. The molecule has 1 amide bonds. The Kier molecular flexibility index (Phi) is 5.07. The molecule has 1 aromatic heterocycles. The van der Waals surface area contributed by atoms with Crippen molar-refractivity contribution in [3.05, 3.63) is 59.9 Å². The van der Waals surface area contributed by atoms with E-state index >= 15 is 0 Å². The number of ether oxygens (including phenoxy) is 1. The van der Waals surface area contributed by atoms with E-state index < -0.39 is 0 Å². The molecule has 4 rings (SSSR count). The molecule has 0 aliphatic heterocycles. The lowest BCUT2D eigenvalue weighted by atomic mass is 9.76. The second-order valence-electron chi connectivity index (χ2n) is 7.65. The normalized spacial score (nSPS) is 16.1. The lowest BCUT2D eigenvalue weighted by Gasteiger charge is -2.39. The fourth-order valence-corrected chi connectivity index (χ4v) is 4.40. The molecule has 0 atom stereocenters. The van der Waals surface area contributed by atoms with E-state index in [2.05, 4.69) is 22.4 Å². The summed E-state index contributed by atoms with van der Waals surface area (Å²) in [5.74, 6) is 1.73. The van der Waals surface area contributed by atoms with Gasteiger partial charge in [0.05, 0.1) is 23.7 Å². The number of nitrogens with one attached hydrogen (secondary N) is 1. The maximum absolute atomic E-state index is 13.1. The molecule has 5 nitrogen and oxygen atoms in total. The smallest absolute Gasteiger partial charge is 0.240 e. The zero-order chi connectivity index (χ0) is 19.6. The van der Waals surface area contributed by atoms with Crippen LogP contribution in [0.25, 0.3) is 11.0 Å². The highest BCUT2D eigenvalue weighted by Gasteiger charge is 2.35. The Bertz CT molecular complexity index is 969. The van der Waals surface area contributed by atoms with Gasteiger partial charge in [-0.05, 0) is 49.6 Å². The summed E-state index contributed by atoms with van der Waals surface area (Å²) in [5, 5.41) is 3.39. The molecule has 1 aliphatic rings. The quantitative estimate of drug-likeness (QED) is 0.720. The van der Waals surface area contributed by atoms with Gasteiger partial charge in [0.2, 0.25) is 5.91 Å². The van der Waals surface area contributed by atoms with Crippen molar-refractivity contribution in [1.29, 1.82) is 0 Å². The Hall–Kier alpha value is -2.82. The number of imidazole rings is 1. The first-order chi connectivity index (χ1) is 13.6. The molecular weight excluding hydrogens is 350 g/mol. The summed E-state index contributed by atoms with van der Waals surface area (Å²) >= 11 is 0. The number of hydrogen-bond acceptors (Lipinski definition) is 3. The average molecular weight is 377 g/mol. The van der Waals surface area contributed by atoms with Gasteiger partial charge in [0.25, 0.3) is 0 Å². The van der Waals surface area contributed by atoms with Gasteiger partial charge in [-0.3, -0.25) is 4.79 Å². The van der Waals surface area contributed by atoms with Gasteiger partial charge in [-0.1, -0.05) is 43.5 Å². The first-order valence-corrected chi connectivity index (χ1v) is 9.99. The highest BCUT2D eigenvalue weighted by atomic mass is 16.5. The van der Waals surface area contributed by atoms with Crippen LogP contribution in [-0.2, 0) is 16.9 Å². The topological polar surface area (TPSA) is 56.1 Å². The number of amides is 1. The van der Waals surface area contributed by atoms with Gasteiger partial charge < -0.3 is 14.6 Å². The SMILES string of the molecule is COc1ccc(C2(NC(=O)Cn3c(C)nc4ccccc43)CCCCC2)cc1. The van der Waals surface area contributed by atoms with Crippen LogP contribution in [0.3, 0.4) is 0 Å². The number of para-hydroxylation sites is 2. The van der Waals surface area contributed by atoms with Crippen molar-refractivity contribution < 1.29 is 9.53 Å². The summed E-state index contributed by atoms with van der Waals surface area (Å²) in [6.45, 7) is 2.23. The van der Waals surface area contributed by atoms with E-state index in [1.54, 1.807) is 7.11 Å². The second kappa shape index (κ2) is 7.66. The van der Waals surface area contributed by atoms with Crippen molar-refractivity contribution in [2.75, 3.05) is 7.11 Å². The Morgan fingerprint density at radius 1 is 1.11 bits per heavy atom. The molecule has 0 radical (unpaired) electrons. The summed E-state index contributed by atoms with van der Waals surface area (Å²) in [4.78, 5) is 17.7. The molecule has 1 aliphatic carbocycles. The van der Waals surface area contributed by atoms with E-state index in [1.165, 1.54) is 6.42 Å². The third-order valence-electron chi connectivity index (χ3n) is 5.88. The first-order valence-electron chi connectivity index (χ1n) is 9.99. The lowest BCUT2D eigenvalue weighted by Crippen LogP contribution is -2.48. The number of fused-ring (bicyclic) bond motifs is 1. The van der Waals surface area contributed by atoms with Gasteiger partial charge in [0.15, 0.2) is 0 Å². The molecule has 5 heteroatoms. The third-order valence-corrected chi connectivity index (χ3v) is 5.88. The molecule has 2 aromatic carbocycles. The molecule has 1 N–H and O–H groups in total. The van der Waals surface area contributed by atoms with Crippen molar-refractivity contribution in [2.24, 2.45) is 0 Å². The predicted octanol–water partition coefficient (Wildman–Crippen LogP) is 4.33. The average Bonchev–Trinajstić information content (AvgIpc) is 3.04. The first kappa shape index (κ1) is 18.5. The predicted molar refractivity (Wildman–Crippen MR) is 110 cm³/mol.